The molecule has 0 radical (unpaired) electrons. The minimum Gasteiger partial charge on any atom is -0.497 e. The number of carbonyl (C=O) groups excluding carboxylic acids is 1. The van der Waals surface area contributed by atoms with Gasteiger partial charge in [-0.2, -0.15) is 0 Å². The summed E-state index contributed by atoms with van der Waals surface area (Å²) in [4.78, 5) is 20.2. The van der Waals surface area contributed by atoms with E-state index in [0.29, 0.717) is 5.69 Å². The number of rotatable bonds is 4. The molecule has 6 nitrogen and oxygen atoms in total. The van der Waals surface area contributed by atoms with Crippen LogP contribution in [0.1, 0.15) is 16.1 Å². The van der Waals surface area contributed by atoms with Gasteiger partial charge in [-0.25, -0.2) is 0 Å². The Morgan fingerprint density at radius 2 is 2.04 bits per heavy atom. The highest BCUT2D eigenvalue weighted by atomic mass is 16.5. The molecule has 2 aromatic carbocycles. The van der Waals surface area contributed by atoms with E-state index in [1.807, 2.05) is 37.3 Å². The second kappa shape index (κ2) is 6.31. The Hall–Kier alpha value is -3.12. The van der Waals surface area contributed by atoms with E-state index in [-0.39, 0.29) is 19.1 Å². The Morgan fingerprint density at radius 1 is 1.19 bits per heavy atom. The van der Waals surface area contributed by atoms with Gasteiger partial charge in [0.1, 0.15) is 11.4 Å². The largest absolute Gasteiger partial charge is 0.497 e. The average Bonchev–Trinajstić information content (AvgIpc) is 3.04. The standard InChI is InChI=1S/C20H19N3O3/c1-11-13-5-6-21-19(20(25)22-7-8-24)15(13)10-16-14-9-12(26-2)3-4-17(14)23-18(11)16/h3-6,9-10,23-24H,7-8H2,1-2H3,(H,22,25). The maximum Gasteiger partial charge on any atom is 0.270 e. The van der Waals surface area contributed by atoms with Crippen molar-refractivity contribution in [1.29, 1.82) is 0 Å². The summed E-state index contributed by atoms with van der Waals surface area (Å²) in [6, 6.07) is 9.81. The van der Waals surface area contributed by atoms with Crippen molar-refractivity contribution in [3.63, 3.8) is 0 Å². The summed E-state index contributed by atoms with van der Waals surface area (Å²) < 4.78 is 5.35. The highest BCUT2D eigenvalue weighted by Crippen LogP contribution is 2.35. The van der Waals surface area contributed by atoms with Crippen molar-refractivity contribution in [3.05, 3.63) is 47.8 Å². The molecule has 0 aliphatic heterocycles. The lowest BCUT2D eigenvalue weighted by atomic mass is 10.00. The number of aromatic amines is 1. The van der Waals surface area contributed by atoms with Crippen molar-refractivity contribution >= 4 is 38.5 Å². The number of aliphatic hydroxyl groups is 1. The highest BCUT2D eigenvalue weighted by Gasteiger charge is 2.16. The Bertz CT molecular complexity index is 1150. The van der Waals surface area contributed by atoms with Crippen molar-refractivity contribution in [2.75, 3.05) is 20.3 Å². The predicted molar refractivity (Wildman–Crippen MR) is 102 cm³/mol. The molecule has 0 bridgehead atoms. The van der Waals surface area contributed by atoms with Crippen LogP contribution in [-0.2, 0) is 0 Å². The van der Waals surface area contributed by atoms with Gasteiger partial charge in [-0.05, 0) is 48.2 Å². The fraction of sp³-hybridized carbons (Fsp3) is 0.200. The number of aromatic nitrogens is 2. The lowest BCUT2D eigenvalue weighted by Gasteiger charge is -2.09. The molecule has 2 heterocycles. The van der Waals surface area contributed by atoms with E-state index in [1.54, 1.807) is 13.3 Å². The zero-order valence-electron chi connectivity index (χ0n) is 14.6. The first-order valence-corrected chi connectivity index (χ1v) is 8.41. The topological polar surface area (TPSA) is 87.2 Å². The second-order valence-corrected chi connectivity index (χ2v) is 6.19. The molecule has 0 unspecified atom stereocenters. The number of pyridine rings is 1. The second-order valence-electron chi connectivity index (χ2n) is 6.19. The molecule has 1 amide bonds. The normalized spacial score (nSPS) is 11.3. The fourth-order valence-electron chi connectivity index (χ4n) is 3.42. The summed E-state index contributed by atoms with van der Waals surface area (Å²) >= 11 is 0. The first-order chi connectivity index (χ1) is 12.6. The molecule has 4 rings (SSSR count). The molecular formula is C20H19N3O3. The first-order valence-electron chi connectivity index (χ1n) is 8.41. The summed E-state index contributed by atoms with van der Waals surface area (Å²) in [6.07, 6.45) is 1.64. The van der Waals surface area contributed by atoms with Crippen molar-refractivity contribution in [1.82, 2.24) is 15.3 Å². The van der Waals surface area contributed by atoms with Gasteiger partial charge in [0.2, 0.25) is 0 Å². The zero-order chi connectivity index (χ0) is 18.3. The molecule has 0 aliphatic carbocycles. The van der Waals surface area contributed by atoms with E-state index in [2.05, 4.69) is 15.3 Å². The van der Waals surface area contributed by atoms with Gasteiger partial charge in [-0.3, -0.25) is 9.78 Å². The van der Waals surface area contributed by atoms with Crippen LogP contribution in [0.25, 0.3) is 32.6 Å². The molecule has 3 N–H and O–H groups in total. The third-order valence-corrected chi connectivity index (χ3v) is 4.72. The van der Waals surface area contributed by atoms with Gasteiger partial charge in [0.15, 0.2) is 0 Å². The number of amides is 1. The minimum absolute atomic E-state index is 0.109. The van der Waals surface area contributed by atoms with Crippen molar-refractivity contribution < 1.29 is 14.6 Å². The molecular weight excluding hydrogens is 330 g/mol. The van der Waals surface area contributed by atoms with Gasteiger partial charge < -0.3 is 20.1 Å². The SMILES string of the molecule is COc1ccc2[nH]c3c(C)c4ccnc(C(=O)NCCO)c4cc3c2c1. The maximum atomic E-state index is 12.5. The van der Waals surface area contributed by atoms with Gasteiger partial charge >= 0.3 is 0 Å². The van der Waals surface area contributed by atoms with E-state index in [1.165, 1.54) is 0 Å². The van der Waals surface area contributed by atoms with Crippen LogP contribution in [-0.4, -0.2) is 41.2 Å². The van der Waals surface area contributed by atoms with Crippen LogP contribution in [0.2, 0.25) is 0 Å². The van der Waals surface area contributed by atoms with E-state index < -0.39 is 0 Å². The first kappa shape index (κ1) is 16.4. The lowest BCUT2D eigenvalue weighted by molar-refractivity contribution is 0.0941. The quantitative estimate of drug-likeness (QED) is 0.529. The smallest absolute Gasteiger partial charge is 0.270 e. The Morgan fingerprint density at radius 3 is 2.81 bits per heavy atom. The molecule has 4 aromatic rings. The van der Waals surface area contributed by atoms with E-state index >= 15 is 0 Å². The molecule has 0 saturated heterocycles. The number of ether oxygens (including phenoxy) is 1. The van der Waals surface area contributed by atoms with E-state index in [9.17, 15) is 4.79 Å². The molecule has 6 heteroatoms. The number of benzene rings is 2. The van der Waals surface area contributed by atoms with E-state index in [4.69, 9.17) is 9.84 Å². The molecule has 0 fully saturated rings. The summed E-state index contributed by atoms with van der Waals surface area (Å²) in [6.45, 7) is 2.12. The molecule has 2 aromatic heterocycles. The lowest BCUT2D eigenvalue weighted by Crippen LogP contribution is -2.27. The molecule has 132 valence electrons. The van der Waals surface area contributed by atoms with Gasteiger partial charge in [-0.15, -0.1) is 0 Å². The van der Waals surface area contributed by atoms with E-state index in [0.717, 1.165) is 43.9 Å². The minimum atomic E-state index is -0.291. The Labute approximate surface area is 149 Å². The monoisotopic (exact) mass is 349 g/mol. The van der Waals surface area contributed by atoms with Crippen LogP contribution >= 0.6 is 0 Å². The average molecular weight is 349 g/mol. The fourth-order valence-corrected chi connectivity index (χ4v) is 3.42. The summed E-state index contributed by atoms with van der Waals surface area (Å²) in [5.41, 5.74) is 3.47. The predicted octanol–water partition coefficient (Wildman–Crippen LogP) is 2.91. The molecule has 0 spiro atoms. The van der Waals surface area contributed by atoms with Crippen LogP contribution in [0, 0.1) is 6.92 Å². The van der Waals surface area contributed by atoms with Crippen molar-refractivity contribution in [2.45, 2.75) is 6.92 Å². The maximum absolute atomic E-state index is 12.5. The summed E-state index contributed by atoms with van der Waals surface area (Å²) in [5, 5.41) is 15.4. The number of hydrogen-bond acceptors (Lipinski definition) is 4. The van der Waals surface area contributed by atoms with Crippen LogP contribution in [0.15, 0.2) is 36.5 Å². The number of nitrogens with zero attached hydrogens (tertiary/aromatic N) is 1. The number of H-pyrrole nitrogens is 1. The number of aryl methyl sites for hydroxylation is 1. The van der Waals surface area contributed by atoms with Crippen molar-refractivity contribution in [3.8, 4) is 5.75 Å². The van der Waals surface area contributed by atoms with Gasteiger partial charge in [0, 0.05) is 34.4 Å². The van der Waals surface area contributed by atoms with Gasteiger partial charge in [-0.1, -0.05) is 0 Å². The zero-order valence-corrected chi connectivity index (χ0v) is 14.6. The third kappa shape index (κ3) is 2.46. The van der Waals surface area contributed by atoms with Gasteiger partial charge in [0.05, 0.1) is 19.2 Å². The van der Waals surface area contributed by atoms with Crippen LogP contribution in [0.3, 0.4) is 0 Å². The van der Waals surface area contributed by atoms with Crippen LogP contribution in [0.5, 0.6) is 5.75 Å². The number of fused-ring (bicyclic) bond motifs is 4. The number of methoxy groups -OCH3 is 1. The van der Waals surface area contributed by atoms with Crippen LogP contribution in [0.4, 0.5) is 0 Å². The number of carbonyl (C=O) groups is 1. The Kier molecular flexibility index (Phi) is 3.97. The number of hydrogen-bond donors (Lipinski definition) is 3. The van der Waals surface area contributed by atoms with Gasteiger partial charge in [0.25, 0.3) is 5.91 Å². The highest BCUT2D eigenvalue weighted by molar-refractivity contribution is 6.17. The molecule has 0 aliphatic rings. The number of aliphatic hydroxyl groups excluding tert-OH is 1. The molecule has 0 atom stereocenters. The summed E-state index contributed by atoms with van der Waals surface area (Å²) in [5.74, 6) is 0.490. The molecule has 26 heavy (non-hydrogen) atoms. The van der Waals surface area contributed by atoms with Crippen LogP contribution < -0.4 is 10.1 Å². The third-order valence-electron chi connectivity index (χ3n) is 4.72. The summed E-state index contributed by atoms with van der Waals surface area (Å²) in [7, 11) is 1.64. The Balaban J connectivity index is 2.03. The van der Waals surface area contributed by atoms with Crippen molar-refractivity contribution in [2.24, 2.45) is 0 Å². The molecule has 0 saturated carbocycles. The number of nitrogens with one attached hydrogen (secondary N) is 2.